The number of nitrogens with one attached hydrogen (secondary N) is 1. The third-order valence-corrected chi connectivity index (χ3v) is 6.45. The maximum absolute atomic E-state index is 14.5. The van der Waals surface area contributed by atoms with Gasteiger partial charge in [0.2, 0.25) is 5.95 Å². The van der Waals surface area contributed by atoms with Crippen molar-refractivity contribution in [1.29, 1.82) is 0 Å². The van der Waals surface area contributed by atoms with Gasteiger partial charge in [-0.2, -0.15) is 0 Å². The first kappa shape index (κ1) is 22.5. The Morgan fingerprint density at radius 2 is 2.06 bits per heavy atom. The topological polar surface area (TPSA) is 83.9 Å². The number of carbonyl (C=O) groups is 1. The molecule has 4 heterocycles. The van der Waals surface area contributed by atoms with Gasteiger partial charge >= 0.3 is 0 Å². The van der Waals surface area contributed by atoms with E-state index in [1.165, 1.54) is 28.6 Å². The highest BCUT2D eigenvalue weighted by Crippen LogP contribution is 2.37. The van der Waals surface area contributed by atoms with E-state index < -0.39 is 30.3 Å². The fourth-order valence-electron chi connectivity index (χ4n) is 3.86. The van der Waals surface area contributed by atoms with Gasteiger partial charge in [0.15, 0.2) is 0 Å². The highest BCUT2D eigenvalue weighted by molar-refractivity contribution is 7.15. The van der Waals surface area contributed by atoms with Gasteiger partial charge in [0.1, 0.15) is 5.69 Å². The summed E-state index contributed by atoms with van der Waals surface area (Å²) < 4.78 is 29.0. The van der Waals surface area contributed by atoms with Crippen molar-refractivity contribution < 1.29 is 13.6 Å². The summed E-state index contributed by atoms with van der Waals surface area (Å²) in [4.78, 5) is 32.2. The molecule has 2 atom stereocenters. The number of piperidine rings is 1. The zero-order valence-electron chi connectivity index (χ0n) is 17.4. The van der Waals surface area contributed by atoms with Crippen molar-refractivity contribution in [3.05, 3.63) is 52.5 Å². The summed E-state index contributed by atoms with van der Waals surface area (Å²) in [6.45, 7) is 3.03. The number of likely N-dealkylation sites (tertiary alicyclic amines) is 1. The van der Waals surface area contributed by atoms with Gasteiger partial charge in [0, 0.05) is 19.2 Å². The molecule has 1 aliphatic heterocycles. The molecule has 3 aromatic heterocycles. The van der Waals surface area contributed by atoms with Crippen molar-refractivity contribution in [2.75, 3.05) is 18.4 Å². The lowest BCUT2D eigenvalue weighted by atomic mass is 9.88. The van der Waals surface area contributed by atoms with Crippen LogP contribution in [0.25, 0.3) is 10.6 Å². The minimum Gasteiger partial charge on any atom is -0.352 e. The predicted octanol–water partition coefficient (Wildman–Crippen LogP) is 4.55. The Hall–Kier alpha value is -2.72. The first-order valence-corrected chi connectivity index (χ1v) is 11.2. The fraction of sp³-hybridized carbons (Fsp3) is 0.381. The van der Waals surface area contributed by atoms with E-state index in [0.29, 0.717) is 26.5 Å². The molecule has 1 saturated heterocycles. The number of aromatic nitrogens is 4. The van der Waals surface area contributed by atoms with Crippen LogP contribution < -0.4 is 5.32 Å². The highest BCUT2D eigenvalue weighted by atomic mass is 35.5. The van der Waals surface area contributed by atoms with Gasteiger partial charge < -0.3 is 10.2 Å². The predicted molar refractivity (Wildman–Crippen MR) is 119 cm³/mol. The number of alkyl halides is 2. The van der Waals surface area contributed by atoms with E-state index in [2.05, 4.69) is 25.3 Å². The van der Waals surface area contributed by atoms with Gasteiger partial charge in [-0.25, -0.2) is 23.7 Å². The minimum atomic E-state index is -2.99. The molecule has 1 N–H and O–H groups in total. The highest BCUT2D eigenvalue weighted by Gasteiger charge is 2.46. The second-order valence-electron chi connectivity index (χ2n) is 7.77. The van der Waals surface area contributed by atoms with Crippen LogP contribution in [0.4, 0.5) is 14.7 Å². The van der Waals surface area contributed by atoms with Crippen LogP contribution in [-0.4, -0.2) is 55.8 Å². The monoisotopic (exact) mass is 478 g/mol. The minimum absolute atomic E-state index is 0.142. The first-order valence-electron chi connectivity index (χ1n) is 10.0. The van der Waals surface area contributed by atoms with Crippen LogP contribution in [-0.2, 0) is 0 Å². The smallest absolute Gasteiger partial charge is 0.274 e. The Morgan fingerprint density at radius 3 is 2.75 bits per heavy atom. The Balaban J connectivity index is 1.64. The van der Waals surface area contributed by atoms with Crippen LogP contribution in [0, 0.1) is 12.8 Å². The van der Waals surface area contributed by atoms with Crippen molar-refractivity contribution in [3.8, 4) is 10.6 Å². The zero-order valence-corrected chi connectivity index (χ0v) is 19.0. The van der Waals surface area contributed by atoms with Crippen molar-refractivity contribution in [3.63, 3.8) is 0 Å². The third-order valence-electron chi connectivity index (χ3n) is 5.26. The number of aryl methyl sites for hydroxylation is 1. The standard InChI is InChI=1S/C21H21ClF2N6OS/c1-12-7-21(23,24)11-30(16(12)10-28-20-26-8-14(22)9-27-20)19(31)17-18(32-13(2)29-17)15-5-3-4-6-25-15/h3-6,8-9,12,16H,7,10-11H2,1-2H3,(H,26,27,28)/t12-,16?/m1/s1. The second kappa shape index (κ2) is 9.03. The summed E-state index contributed by atoms with van der Waals surface area (Å²) in [6, 6.07) is 4.85. The van der Waals surface area contributed by atoms with Crippen LogP contribution in [0.1, 0.15) is 28.8 Å². The summed E-state index contributed by atoms with van der Waals surface area (Å²) in [5.41, 5.74) is 0.728. The second-order valence-corrected chi connectivity index (χ2v) is 9.41. The quantitative estimate of drug-likeness (QED) is 0.579. The number of thiazole rings is 1. The molecule has 4 rings (SSSR count). The van der Waals surface area contributed by atoms with Gasteiger partial charge in [0.25, 0.3) is 11.8 Å². The molecule has 0 saturated carbocycles. The van der Waals surface area contributed by atoms with Crippen LogP contribution >= 0.6 is 22.9 Å². The van der Waals surface area contributed by atoms with E-state index in [-0.39, 0.29) is 18.7 Å². The molecule has 0 aromatic carbocycles. The molecule has 1 amide bonds. The normalized spacial score (nSPS) is 20.2. The van der Waals surface area contributed by atoms with Crippen molar-refractivity contribution >= 4 is 34.8 Å². The number of pyridine rings is 1. The summed E-state index contributed by atoms with van der Waals surface area (Å²) in [7, 11) is 0. The number of amides is 1. The van der Waals surface area contributed by atoms with Gasteiger partial charge in [-0.05, 0) is 25.0 Å². The van der Waals surface area contributed by atoms with Crippen molar-refractivity contribution in [2.24, 2.45) is 5.92 Å². The van der Waals surface area contributed by atoms with Crippen LogP contribution in [0.2, 0.25) is 5.02 Å². The number of halogens is 3. The average molecular weight is 479 g/mol. The molecule has 0 radical (unpaired) electrons. The van der Waals surface area contributed by atoms with E-state index in [1.807, 2.05) is 6.07 Å². The average Bonchev–Trinajstić information content (AvgIpc) is 3.15. The molecular formula is C21H21ClF2N6OS. The molecule has 7 nitrogen and oxygen atoms in total. The molecule has 0 aliphatic carbocycles. The third kappa shape index (κ3) is 4.86. The maximum atomic E-state index is 14.5. The summed E-state index contributed by atoms with van der Waals surface area (Å²) in [6.07, 6.45) is 4.19. The number of hydrogen-bond donors (Lipinski definition) is 1. The van der Waals surface area contributed by atoms with Gasteiger partial charge in [-0.15, -0.1) is 11.3 Å². The van der Waals surface area contributed by atoms with Crippen LogP contribution in [0.3, 0.4) is 0 Å². The lowest BCUT2D eigenvalue weighted by Crippen LogP contribution is -2.57. The van der Waals surface area contributed by atoms with Gasteiger partial charge in [-0.3, -0.25) is 9.78 Å². The number of carbonyl (C=O) groups excluding carboxylic acids is 1. The molecule has 32 heavy (non-hydrogen) atoms. The summed E-state index contributed by atoms with van der Waals surface area (Å²) in [5, 5.41) is 4.09. The number of anilines is 1. The van der Waals surface area contributed by atoms with Crippen molar-refractivity contribution in [2.45, 2.75) is 32.2 Å². The fourth-order valence-corrected chi connectivity index (χ4v) is 4.84. The summed E-state index contributed by atoms with van der Waals surface area (Å²) in [5.74, 6) is -3.67. The molecule has 1 aliphatic rings. The van der Waals surface area contributed by atoms with Crippen molar-refractivity contribution in [1.82, 2.24) is 24.8 Å². The van der Waals surface area contributed by atoms with E-state index in [9.17, 15) is 13.6 Å². The molecule has 1 unspecified atom stereocenters. The van der Waals surface area contributed by atoms with Gasteiger partial charge in [0.05, 0.1) is 45.6 Å². The van der Waals surface area contributed by atoms with Crippen LogP contribution in [0.5, 0.6) is 0 Å². The van der Waals surface area contributed by atoms with E-state index in [4.69, 9.17) is 11.6 Å². The number of nitrogens with zero attached hydrogens (tertiary/aromatic N) is 5. The lowest BCUT2D eigenvalue weighted by molar-refractivity contribution is -0.0898. The number of rotatable bonds is 5. The Bertz CT molecular complexity index is 1100. The first-order chi connectivity index (χ1) is 15.2. The molecular weight excluding hydrogens is 458 g/mol. The largest absolute Gasteiger partial charge is 0.352 e. The summed E-state index contributed by atoms with van der Waals surface area (Å²) >= 11 is 7.13. The van der Waals surface area contributed by atoms with Gasteiger partial charge in [-0.1, -0.05) is 24.6 Å². The molecule has 0 bridgehead atoms. The van der Waals surface area contributed by atoms with E-state index in [0.717, 1.165) is 0 Å². The molecule has 168 valence electrons. The lowest BCUT2D eigenvalue weighted by Gasteiger charge is -2.43. The molecule has 11 heteroatoms. The Labute approximate surface area is 192 Å². The maximum Gasteiger partial charge on any atom is 0.274 e. The van der Waals surface area contributed by atoms with E-state index >= 15 is 0 Å². The Morgan fingerprint density at radius 1 is 1.31 bits per heavy atom. The molecule has 1 fully saturated rings. The SMILES string of the molecule is Cc1nc(C(=O)N2CC(F)(F)C[C@@H](C)C2CNc2ncc(Cl)cn2)c(-c2ccccn2)s1. The zero-order chi connectivity index (χ0) is 22.9. The molecule has 3 aromatic rings. The molecule has 0 spiro atoms. The number of hydrogen-bond acceptors (Lipinski definition) is 7. The van der Waals surface area contributed by atoms with Crippen LogP contribution in [0.15, 0.2) is 36.8 Å². The Kier molecular flexibility index (Phi) is 6.34. The van der Waals surface area contributed by atoms with E-state index in [1.54, 1.807) is 32.2 Å².